The standard InChI is InChI=1S/C58H45N/c1-3-18-43(19-4-1)48-21-7-8-22-49(48)50-23-9-10-24-51(50)53-26-12-14-28-57(53)59(46-33-31-42(32-34-46)45-30-29-41-17-5-6-20-44(41)39-45)47-35-36-56-54(40-47)52-25-11-13-27-55(52)58(56)37-15-2-16-38-58/h1,3-14,17-36,39-40H,2,15-16,37-38H2. The summed E-state index contributed by atoms with van der Waals surface area (Å²) in [5, 5.41) is 2.52. The lowest BCUT2D eigenvalue weighted by Crippen LogP contribution is -2.28. The second-order valence-corrected chi connectivity index (χ2v) is 16.3. The maximum absolute atomic E-state index is 2.49. The lowest BCUT2D eigenvalue weighted by molar-refractivity contribution is 0.353. The summed E-state index contributed by atoms with van der Waals surface area (Å²) in [4.78, 5) is 2.49. The molecule has 0 aromatic heterocycles. The molecule has 282 valence electrons. The van der Waals surface area contributed by atoms with Gasteiger partial charge in [0.2, 0.25) is 0 Å². The molecule has 1 saturated carbocycles. The molecule has 0 heterocycles. The summed E-state index contributed by atoms with van der Waals surface area (Å²) in [5.74, 6) is 0. The summed E-state index contributed by atoms with van der Waals surface area (Å²) in [7, 11) is 0. The third kappa shape index (κ3) is 6.08. The number of hydrogen-bond acceptors (Lipinski definition) is 1. The second-order valence-electron chi connectivity index (χ2n) is 16.3. The molecule has 0 bridgehead atoms. The van der Waals surface area contributed by atoms with E-state index in [-0.39, 0.29) is 5.41 Å². The lowest BCUT2D eigenvalue weighted by Gasteiger charge is -2.36. The number of nitrogens with zero attached hydrogens (tertiary/aromatic N) is 1. The monoisotopic (exact) mass is 755 g/mol. The number of anilines is 3. The van der Waals surface area contributed by atoms with Gasteiger partial charge in [-0.05, 0) is 121 Å². The van der Waals surface area contributed by atoms with Crippen LogP contribution in [0.2, 0.25) is 0 Å². The molecule has 9 aromatic rings. The minimum atomic E-state index is 0.109. The average Bonchev–Trinajstić information content (AvgIpc) is 3.57. The van der Waals surface area contributed by atoms with Gasteiger partial charge < -0.3 is 4.90 Å². The molecule has 0 saturated heterocycles. The van der Waals surface area contributed by atoms with Gasteiger partial charge >= 0.3 is 0 Å². The summed E-state index contributed by atoms with van der Waals surface area (Å²) in [6.45, 7) is 0. The summed E-state index contributed by atoms with van der Waals surface area (Å²) in [6, 6.07) is 78.7. The average molecular weight is 756 g/mol. The fourth-order valence-corrected chi connectivity index (χ4v) is 10.3. The van der Waals surface area contributed by atoms with Crippen LogP contribution in [-0.4, -0.2) is 0 Å². The molecule has 0 radical (unpaired) electrons. The van der Waals surface area contributed by atoms with Crippen molar-refractivity contribution in [3.8, 4) is 55.6 Å². The van der Waals surface area contributed by atoms with Crippen molar-refractivity contribution in [2.75, 3.05) is 4.90 Å². The molecule has 1 nitrogen and oxygen atoms in total. The predicted molar refractivity (Wildman–Crippen MR) is 250 cm³/mol. The van der Waals surface area contributed by atoms with Gasteiger partial charge in [-0.3, -0.25) is 0 Å². The third-order valence-electron chi connectivity index (χ3n) is 13.1. The van der Waals surface area contributed by atoms with E-state index in [1.807, 2.05) is 0 Å². The summed E-state index contributed by atoms with van der Waals surface area (Å²) in [6.07, 6.45) is 6.34. The number of hydrogen-bond donors (Lipinski definition) is 0. The van der Waals surface area contributed by atoms with Crippen molar-refractivity contribution in [1.82, 2.24) is 0 Å². The van der Waals surface area contributed by atoms with Gasteiger partial charge in [0.15, 0.2) is 0 Å². The van der Waals surface area contributed by atoms with Gasteiger partial charge in [0.05, 0.1) is 5.69 Å². The molecule has 0 atom stereocenters. The molecule has 0 unspecified atom stereocenters. The van der Waals surface area contributed by atoms with Crippen molar-refractivity contribution in [3.05, 3.63) is 223 Å². The van der Waals surface area contributed by atoms with Crippen LogP contribution in [0.4, 0.5) is 17.1 Å². The highest BCUT2D eigenvalue weighted by molar-refractivity contribution is 5.98. The van der Waals surface area contributed by atoms with Crippen molar-refractivity contribution >= 4 is 27.8 Å². The first-order valence-electron chi connectivity index (χ1n) is 21.2. The second kappa shape index (κ2) is 14.8. The van der Waals surface area contributed by atoms with E-state index in [0.29, 0.717) is 0 Å². The van der Waals surface area contributed by atoms with Crippen LogP contribution in [0, 0.1) is 0 Å². The fraction of sp³-hybridized carbons (Fsp3) is 0.103. The SMILES string of the molecule is c1ccc(-c2ccccc2-c2ccccc2-c2ccccc2N(c2ccc(-c3ccc4ccccc4c3)cc2)c2ccc3c(c2)-c2ccccc2C32CCCCC2)cc1. The van der Waals surface area contributed by atoms with Gasteiger partial charge in [0.1, 0.15) is 0 Å². The van der Waals surface area contributed by atoms with Gasteiger partial charge in [-0.25, -0.2) is 0 Å². The molecule has 1 heteroatoms. The maximum atomic E-state index is 2.49. The van der Waals surface area contributed by atoms with Crippen molar-refractivity contribution in [2.45, 2.75) is 37.5 Å². The largest absolute Gasteiger partial charge is 0.310 e. The molecule has 2 aliphatic rings. The molecule has 0 aliphatic heterocycles. The van der Waals surface area contributed by atoms with Crippen LogP contribution in [0.1, 0.15) is 43.2 Å². The number of rotatable bonds is 7. The topological polar surface area (TPSA) is 3.24 Å². The van der Waals surface area contributed by atoms with E-state index in [2.05, 4.69) is 217 Å². The van der Waals surface area contributed by atoms with Gasteiger partial charge in [-0.15, -0.1) is 0 Å². The molecule has 2 aliphatic carbocycles. The molecule has 1 fully saturated rings. The molecule has 9 aromatic carbocycles. The molecule has 1 spiro atoms. The van der Waals surface area contributed by atoms with Gasteiger partial charge in [-0.1, -0.05) is 195 Å². The zero-order valence-electron chi connectivity index (χ0n) is 33.2. The van der Waals surface area contributed by atoms with Crippen LogP contribution in [0.3, 0.4) is 0 Å². The van der Waals surface area contributed by atoms with E-state index < -0.39 is 0 Å². The first-order valence-corrected chi connectivity index (χ1v) is 21.2. The Morgan fingerprint density at radius 1 is 0.305 bits per heavy atom. The molecule has 59 heavy (non-hydrogen) atoms. The van der Waals surface area contributed by atoms with E-state index in [4.69, 9.17) is 0 Å². The Morgan fingerprint density at radius 3 is 1.61 bits per heavy atom. The smallest absolute Gasteiger partial charge is 0.0540 e. The van der Waals surface area contributed by atoms with E-state index in [1.165, 1.54) is 115 Å². The summed E-state index contributed by atoms with van der Waals surface area (Å²) >= 11 is 0. The Labute approximate surface area is 347 Å². The van der Waals surface area contributed by atoms with E-state index in [1.54, 1.807) is 0 Å². The zero-order chi connectivity index (χ0) is 39.2. The molecule has 0 N–H and O–H groups in total. The van der Waals surface area contributed by atoms with Crippen LogP contribution in [0.25, 0.3) is 66.4 Å². The number of benzene rings is 9. The van der Waals surface area contributed by atoms with Crippen LogP contribution in [0.5, 0.6) is 0 Å². The van der Waals surface area contributed by atoms with Crippen LogP contribution in [0.15, 0.2) is 212 Å². The number of fused-ring (bicyclic) bond motifs is 6. The van der Waals surface area contributed by atoms with Crippen molar-refractivity contribution in [2.24, 2.45) is 0 Å². The Hall–Kier alpha value is -6.96. The molecule has 11 rings (SSSR count). The molecule has 0 amide bonds. The van der Waals surface area contributed by atoms with Crippen molar-refractivity contribution in [3.63, 3.8) is 0 Å². The van der Waals surface area contributed by atoms with Gasteiger partial charge in [-0.2, -0.15) is 0 Å². The Bertz CT molecular complexity index is 2970. The van der Waals surface area contributed by atoms with Crippen LogP contribution >= 0.6 is 0 Å². The Morgan fingerprint density at radius 2 is 0.847 bits per heavy atom. The van der Waals surface area contributed by atoms with E-state index in [0.717, 1.165) is 11.4 Å². The minimum absolute atomic E-state index is 0.109. The normalized spacial score (nSPS) is 13.9. The van der Waals surface area contributed by atoms with Crippen molar-refractivity contribution in [1.29, 1.82) is 0 Å². The maximum Gasteiger partial charge on any atom is 0.0540 e. The van der Waals surface area contributed by atoms with Crippen molar-refractivity contribution < 1.29 is 0 Å². The third-order valence-corrected chi connectivity index (χ3v) is 13.1. The Kier molecular flexibility index (Phi) is 8.81. The van der Waals surface area contributed by atoms with E-state index in [9.17, 15) is 0 Å². The van der Waals surface area contributed by atoms with Gasteiger partial charge in [0.25, 0.3) is 0 Å². The lowest BCUT2D eigenvalue weighted by atomic mass is 9.68. The number of para-hydroxylation sites is 1. The predicted octanol–water partition coefficient (Wildman–Crippen LogP) is 16.2. The van der Waals surface area contributed by atoms with Crippen LogP contribution in [-0.2, 0) is 5.41 Å². The van der Waals surface area contributed by atoms with Crippen LogP contribution < -0.4 is 4.90 Å². The van der Waals surface area contributed by atoms with E-state index >= 15 is 0 Å². The Balaban J connectivity index is 1.09. The minimum Gasteiger partial charge on any atom is -0.310 e. The highest BCUT2D eigenvalue weighted by atomic mass is 15.1. The molecular formula is C58H45N. The summed E-state index contributed by atoms with van der Waals surface area (Å²) in [5.41, 5.74) is 19.1. The quantitative estimate of drug-likeness (QED) is 0.157. The zero-order valence-corrected chi connectivity index (χ0v) is 33.2. The summed E-state index contributed by atoms with van der Waals surface area (Å²) < 4.78 is 0. The van der Waals surface area contributed by atoms with Gasteiger partial charge in [0, 0.05) is 22.4 Å². The highest BCUT2D eigenvalue weighted by Gasteiger charge is 2.43. The molecular weight excluding hydrogens is 711 g/mol. The highest BCUT2D eigenvalue weighted by Crippen LogP contribution is 2.57. The first kappa shape index (κ1) is 35.2. The fourth-order valence-electron chi connectivity index (χ4n) is 10.3. The first-order chi connectivity index (χ1) is 29.2.